The van der Waals surface area contributed by atoms with Gasteiger partial charge in [0, 0.05) is 18.0 Å². The van der Waals surface area contributed by atoms with Crippen LogP contribution in [0.3, 0.4) is 0 Å². The number of carbonyl (C=O) groups is 1. The van der Waals surface area contributed by atoms with E-state index in [1.54, 1.807) is 12.0 Å². The van der Waals surface area contributed by atoms with E-state index in [-0.39, 0.29) is 17.2 Å². The van der Waals surface area contributed by atoms with Crippen LogP contribution in [-0.2, 0) is 4.79 Å². The van der Waals surface area contributed by atoms with Crippen LogP contribution in [0.25, 0.3) is 11.5 Å². The molecule has 152 valence electrons. The number of ether oxygens (including phenoxy) is 1. The molecule has 10 heteroatoms. The first-order valence-electron chi connectivity index (χ1n) is 9.39. The first-order chi connectivity index (χ1) is 14.1. The van der Waals surface area contributed by atoms with Crippen molar-refractivity contribution in [3.05, 3.63) is 30.2 Å². The van der Waals surface area contributed by atoms with Gasteiger partial charge in [-0.15, -0.1) is 20.4 Å². The lowest BCUT2D eigenvalue weighted by atomic mass is 10.2. The maximum absolute atomic E-state index is 12.2. The molecule has 1 amide bonds. The maximum atomic E-state index is 12.2. The van der Waals surface area contributed by atoms with Crippen molar-refractivity contribution >= 4 is 34.1 Å². The standard InChI is InChI=1S/C19H21N5O3S2/c1-4-15(25)24(13-7-8-13)18-22-23-19(29-18)28-11(2)16-20-21-17(27-16)12-5-9-14(26-3)10-6-12/h5-6,9-11,13H,4,7-8H2,1-3H3. The monoisotopic (exact) mass is 431 g/mol. The third-order valence-corrected chi connectivity index (χ3v) is 6.58. The van der Waals surface area contributed by atoms with Crippen LogP contribution in [0.2, 0.25) is 0 Å². The summed E-state index contributed by atoms with van der Waals surface area (Å²) in [6.07, 6.45) is 2.52. The van der Waals surface area contributed by atoms with Gasteiger partial charge < -0.3 is 9.15 Å². The number of hydrogen-bond donors (Lipinski definition) is 0. The molecule has 1 saturated carbocycles. The topological polar surface area (TPSA) is 94.2 Å². The van der Waals surface area contributed by atoms with Gasteiger partial charge >= 0.3 is 0 Å². The molecule has 1 fully saturated rings. The lowest BCUT2D eigenvalue weighted by Crippen LogP contribution is -2.32. The minimum Gasteiger partial charge on any atom is -0.497 e. The van der Waals surface area contributed by atoms with Crippen LogP contribution >= 0.6 is 23.1 Å². The van der Waals surface area contributed by atoms with Crippen LogP contribution in [0.4, 0.5) is 5.13 Å². The molecule has 1 aromatic carbocycles. The summed E-state index contributed by atoms with van der Waals surface area (Å²) in [5, 5.41) is 17.4. The molecule has 0 N–H and O–H groups in total. The highest BCUT2D eigenvalue weighted by atomic mass is 32.2. The number of nitrogens with zero attached hydrogens (tertiary/aromatic N) is 5. The smallest absolute Gasteiger partial charge is 0.247 e. The fourth-order valence-electron chi connectivity index (χ4n) is 2.77. The predicted molar refractivity (Wildman–Crippen MR) is 111 cm³/mol. The molecule has 8 nitrogen and oxygen atoms in total. The van der Waals surface area contributed by atoms with Gasteiger partial charge in [0.25, 0.3) is 0 Å². The molecule has 1 aliphatic rings. The highest BCUT2D eigenvalue weighted by Crippen LogP contribution is 2.40. The van der Waals surface area contributed by atoms with E-state index in [0.717, 1.165) is 28.5 Å². The summed E-state index contributed by atoms with van der Waals surface area (Å²) in [7, 11) is 1.62. The summed E-state index contributed by atoms with van der Waals surface area (Å²) in [6.45, 7) is 3.85. The van der Waals surface area contributed by atoms with Gasteiger partial charge in [0.2, 0.25) is 22.8 Å². The third kappa shape index (κ3) is 4.43. The van der Waals surface area contributed by atoms with Crippen LogP contribution < -0.4 is 9.64 Å². The zero-order chi connectivity index (χ0) is 20.4. The van der Waals surface area contributed by atoms with E-state index in [0.29, 0.717) is 23.3 Å². The van der Waals surface area contributed by atoms with Crippen molar-refractivity contribution in [3.8, 4) is 17.2 Å². The molecule has 2 aromatic heterocycles. The number of amides is 1. The second kappa shape index (κ2) is 8.50. The lowest BCUT2D eigenvalue weighted by Gasteiger charge is -2.17. The van der Waals surface area contributed by atoms with Gasteiger partial charge in [-0.25, -0.2) is 0 Å². The molecule has 1 aliphatic carbocycles. The fraction of sp³-hybridized carbons (Fsp3) is 0.421. The third-order valence-electron chi connectivity index (χ3n) is 4.49. The molecule has 3 aromatic rings. The molecule has 0 spiro atoms. The van der Waals surface area contributed by atoms with Crippen molar-refractivity contribution in [1.29, 1.82) is 0 Å². The zero-order valence-corrected chi connectivity index (χ0v) is 18.0. The Hall–Kier alpha value is -2.46. The average molecular weight is 432 g/mol. The SMILES string of the molecule is CCC(=O)N(c1nnc(SC(C)c2nnc(-c3ccc(OC)cc3)o2)s1)C1CC1. The maximum Gasteiger partial charge on any atom is 0.247 e. The Morgan fingerprint density at radius 2 is 2.03 bits per heavy atom. The molecular weight excluding hydrogens is 410 g/mol. The van der Waals surface area contributed by atoms with Crippen molar-refractivity contribution in [2.24, 2.45) is 0 Å². The first-order valence-corrected chi connectivity index (χ1v) is 11.1. The van der Waals surface area contributed by atoms with E-state index in [1.807, 2.05) is 38.1 Å². The molecule has 0 bridgehead atoms. The second-order valence-corrected chi connectivity index (χ2v) is 9.18. The Kier molecular flexibility index (Phi) is 5.81. The predicted octanol–water partition coefficient (Wildman–Crippen LogP) is 4.36. The lowest BCUT2D eigenvalue weighted by molar-refractivity contribution is -0.118. The van der Waals surface area contributed by atoms with E-state index in [4.69, 9.17) is 9.15 Å². The largest absolute Gasteiger partial charge is 0.497 e. The number of benzene rings is 1. The quantitative estimate of drug-likeness (QED) is 0.384. The van der Waals surface area contributed by atoms with Crippen molar-refractivity contribution < 1.29 is 13.9 Å². The van der Waals surface area contributed by atoms with E-state index in [2.05, 4.69) is 20.4 Å². The highest BCUT2D eigenvalue weighted by molar-refractivity contribution is 8.01. The molecule has 1 unspecified atom stereocenters. The summed E-state index contributed by atoms with van der Waals surface area (Å²) in [5.41, 5.74) is 0.832. The Morgan fingerprint density at radius 3 is 2.69 bits per heavy atom. The number of hydrogen-bond acceptors (Lipinski definition) is 9. The van der Waals surface area contributed by atoms with Crippen LogP contribution in [0.15, 0.2) is 33.0 Å². The Labute approximate surface area is 176 Å². The zero-order valence-electron chi connectivity index (χ0n) is 16.4. The van der Waals surface area contributed by atoms with Crippen molar-refractivity contribution in [1.82, 2.24) is 20.4 Å². The van der Waals surface area contributed by atoms with Crippen molar-refractivity contribution in [2.45, 2.75) is 48.7 Å². The molecule has 0 saturated heterocycles. The van der Waals surface area contributed by atoms with Gasteiger partial charge in [-0.1, -0.05) is 30.0 Å². The Bertz CT molecular complexity index is 984. The van der Waals surface area contributed by atoms with Crippen molar-refractivity contribution in [2.75, 3.05) is 12.0 Å². The minimum absolute atomic E-state index is 0.0912. The normalized spacial score (nSPS) is 14.6. The van der Waals surface area contributed by atoms with Gasteiger partial charge in [0.1, 0.15) is 5.75 Å². The first kappa shape index (κ1) is 19.8. The molecule has 1 atom stereocenters. The van der Waals surface area contributed by atoms with Gasteiger partial charge in [0.15, 0.2) is 4.34 Å². The second-order valence-electron chi connectivity index (χ2n) is 6.63. The summed E-state index contributed by atoms with van der Waals surface area (Å²) in [4.78, 5) is 14.0. The molecular formula is C19H21N5O3S2. The number of methoxy groups -OCH3 is 1. The van der Waals surface area contributed by atoms with Gasteiger partial charge in [-0.05, 0) is 44.0 Å². The van der Waals surface area contributed by atoms with Gasteiger partial charge in [-0.3, -0.25) is 9.69 Å². The number of carbonyl (C=O) groups excluding carboxylic acids is 1. The van der Waals surface area contributed by atoms with E-state index in [9.17, 15) is 4.79 Å². The molecule has 0 aliphatic heterocycles. The summed E-state index contributed by atoms with van der Waals surface area (Å²) >= 11 is 2.92. The van der Waals surface area contributed by atoms with E-state index >= 15 is 0 Å². The van der Waals surface area contributed by atoms with E-state index < -0.39 is 0 Å². The number of rotatable bonds is 8. The summed E-state index contributed by atoms with van der Waals surface area (Å²) in [6, 6.07) is 7.73. The van der Waals surface area contributed by atoms with Crippen LogP contribution in [-0.4, -0.2) is 39.5 Å². The van der Waals surface area contributed by atoms with Crippen LogP contribution in [0, 0.1) is 0 Å². The minimum atomic E-state index is -0.0912. The Morgan fingerprint density at radius 1 is 1.28 bits per heavy atom. The summed E-state index contributed by atoms with van der Waals surface area (Å²) in [5.74, 6) is 1.84. The Balaban J connectivity index is 1.44. The molecule has 2 heterocycles. The fourth-order valence-corrected chi connectivity index (χ4v) is 4.87. The number of anilines is 1. The highest BCUT2D eigenvalue weighted by Gasteiger charge is 2.35. The van der Waals surface area contributed by atoms with Crippen LogP contribution in [0.1, 0.15) is 44.3 Å². The van der Waals surface area contributed by atoms with Crippen LogP contribution in [0.5, 0.6) is 5.75 Å². The van der Waals surface area contributed by atoms with Gasteiger partial charge in [-0.2, -0.15) is 0 Å². The molecule has 4 rings (SSSR count). The van der Waals surface area contributed by atoms with Crippen molar-refractivity contribution in [3.63, 3.8) is 0 Å². The number of aromatic nitrogens is 4. The number of thioether (sulfide) groups is 1. The average Bonchev–Trinajstić information content (AvgIpc) is 3.26. The molecule has 0 radical (unpaired) electrons. The molecule has 29 heavy (non-hydrogen) atoms. The summed E-state index contributed by atoms with van der Waals surface area (Å²) < 4.78 is 11.8. The van der Waals surface area contributed by atoms with Gasteiger partial charge in [0.05, 0.1) is 12.4 Å². The van der Waals surface area contributed by atoms with E-state index in [1.165, 1.54) is 23.1 Å².